The summed E-state index contributed by atoms with van der Waals surface area (Å²) >= 11 is 0. The first-order valence-electron chi connectivity index (χ1n) is 5.86. The molecule has 0 aliphatic carbocycles. The first kappa shape index (κ1) is 18.4. The molecular weight excluding hydrogens is 224 g/mol. The number of rotatable bonds is 7. The van der Waals surface area contributed by atoms with Crippen molar-refractivity contribution >= 4 is 11.8 Å². The number of ether oxygens (including phenoxy) is 3. The molecule has 0 radical (unpaired) electrons. The zero-order valence-corrected chi connectivity index (χ0v) is 11.4. The van der Waals surface area contributed by atoms with Crippen molar-refractivity contribution < 1.29 is 23.8 Å². The zero-order chi connectivity index (χ0) is 13.7. The maximum Gasteiger partial charge on any atom is 0.313 e. The standard InChI is InChI=1S/C6H10O3.C6H14O2/c1-3-9-6(8)4-5(2)7;1-4-7-6(3)8-5-2/h3-4H2,1-2H3;6H,4-5H2,1-3H3. The topological polar surface area (TPSA) is 61.8 Å². The van der Waals surface area contributed by atoms with Gasteiger partial charge in [-0.3, -0.25) is 9.59 Å². The van der Waals surface area contributed by atoms with Crippen LogP contribution < -0.4 is 0 Å². The van der Waals surface area contributed by atoms with Crippen molar-refractivity contribution in [3.63, 3.8) is 0 Å². The van der Waals surface area contributed by atoms with E-state index in [0.29, 0.717) is 6.61 Å². The third-order valence-electron chi connectivity index (χ3n) is 1.50. The molecule has 17 heavy (non-hydrogen) atoms. The van der Waals surface area contributed by atoms with E-state index in [1.807, 2.05) is 20.8 Å². The van der Waals surface area contributed by atoms with Crippen LogP contribution in [0.3, 0.4) is 0 Å². The fourth-order valence-electron chi connectivity index (χ4n) is 0.933. The van der Waals surface area contributed by atoms with Gasteiger partial charge in [0.05, 0.1) is 6.61 Å². The Hall–Kier alpha value is -0.940. The van der Waals surface area contributed by atoms with E-state index in [9.17, 15) is 9.59 Å². The van der Waals surface area contributed by atoms with Crippen LogP contribution in [0, 0.1) is 0 Å². The molecule has 0 N–H and O–H groups in total. The second-order valence-corrected chi connectivity index (χ2v) is 3.16. The molecule has 5 nitrogen and oxygen atoms in total. The van der Waals surface area contributed by atoms with Crippen molar-refractivity contribution in [3.05, 3.63) is 0 Å². The van der Waals surface area contributed by atoms with Crippen LogP contribution in [0.4, 0.5) is 0 Å². The number of carbonyl (C=O) groups excluding carboxylic acids is 2. The van der Waals surface area contributed by atoms with Gasteiger partial charge < -0.3 is 14.2 Å². The van der Waals surface area contributed by atoms with E-state index in [1.54, 1.807) is 6.92 Å². The summed E-state index contributed by atoms with van der Waals surface area (Å²) in [6.45, 7) is 10.7. The zero-order valence-electron chi connectivity index (χ0n) is 11.4. The van der Waals surface area contributed by atoms with Gasteiger partial charge >= 0.3 is 5.97 Å². The van der Waals surface area contributed by atoms with Crippen LogP contribution in [-0.4, -0.2) is 37.9 Å². The monoisotopic (exact) mass is 248 g/mol. The fourth-order valence-corrected chi connectivity index (χ4v) is 0.933. The lowest BCUT2D eigenvalue weighted by molar-refractivity contribution is -0.145. The molecule has 0 unspecified atom stereocenters. The van der Waals surface area contributed by atoms with Gasteiger partial charge in [0, 0.05) is 13.2 Å². The van der Waals surface area contributed by atoms with Crippen molar-refractivity contribution in [3.8, 4) is 0 Å². The molecule has 0 atom stereocenters. The average Bonchev–Trinajstić information content (AvgIpc) is 2.18. The number of carbonyl (C=O) groups is 2. The molecule has 0 aliphatic rings. The Morgan fingerprint density at radius 1 is 1.00 bits per heavy atom. The second kappa shape index (κ2) is 13.1. The third-order valence-corrected chi connectivity index (χ3v) is 1.50. The molecule has 102 valence electrons. The maximum atomic E-state index is 10.4. The van der Waals surface area contributed by atoms with Crippen molar-refractivity contribution in [2.75, 3.05) is 19.8 Å². The second-order valence-electron chi connectivity index (χ2n) is 3.16. The molecule has 0 aromatic heterocycles. The van der Waals surface area contributed by atoms with Crippen LogP contribution in [0.25, 0.3) is 0 Å². The summed E-state index contributed by atoms with van der Waals surface area (Å²) in [5, 5.41) is 0. The number of Topliss-reactive ketones (excluding diaryl/α,β-unsaturated/α-hetero) is 1. The van der Waals surface area contributed by atoms with Crippen molar-refractivity contribution in [1.29, 1.82) is 0 Å². The predicted octanol–water partition coefficient (Wildman–Crippen LogP) is 1.93. The van der Waals surface area contributed by atoms with Crippen molar-refractivity contribution in [1.82, 2.24) is 0 Å². The molecule has 0 rings (SSSR count). The minimum Gasteiger partial charge on any atom is -0.466 e. The predicted molar refractivity (Wildman–Crippen MR) is 64.6 cm³/mol. The molecule has 0 aliphatic heterocycles. The third kappa shape index (κ3) is 17.7. The summed E-state index contributed by atoms with van der Waals surface area (Å²) in [6.07, 6.45) is -0.140. The largest absolute Gasteiger partial charge is 0.466 e. The quantitative estimate of drug-likeness (QED) is 0.391. The van der Waals surface area contributed by atoms with Gasteiger partial charge in [-0.05, 0) is 34.6 Å². The smallest absolute Gasteiger partial charge is 0.313 e. The van der Waals surface area contributed by atoms with Crippen LogP contribution in [0.15, 0.2) is 0 Å². The van der Waals surface area contributed by atoms with Gasteiger partial charge in [0.25, 0.3) is 0 Å². The Balaban J connectivity index is 0. The van der Waals surface area contributed by atoms with E-state index in [4.69, 9.17) is 9.47 Å². The van der Waals surface area contributed by atoms with Gasteiger partial charge in [-0.2, -0.15) is 0 Å². The average molecular weight is 248 g/mol. The number of esters is 1. The van der Waals surface area contributed by atoms with E-state index in [2.05, 4.69) is 4.74 Å². The van der Waals surface area contributed by atoms with Gasteiger partial charge in [-0.1, -0.05) is 0 Å². The van der Waals surface area contributed by atoms with E-state index in [0.717, 1.165) is 13.2 Å². The SMILES string of the molecule is CCOC(=O)CC(C)=O.CCOC(C)OCC. The Morgan fingerprint density at radius 3 is 1.76 bits per heavy atom. The Morgan fingerprint density at radius 2 is 1.47 bits per heavy atom. The maximum absolute atomic E-state index is 10.4. The lowest BCUT2D eigenvalue weighted by Gasteiger charge is -2.09. The number of ketones is 1. The van der Waals surface area contributed by atoms with Crippen molar-refractivity contribution in [2.45, 2.75) is 47.3 Å². The Labute approximate surface area is 103 Å². The highest BCUT2D eigenvalue weighted by Crippen LogP contribution is 1.90. The van der Waals surface area contributed by atoms with E-state index in [-0.39, 0.29) is 18.5 Å². The van der Waals surface area contributed by atoms with Crippen LogP contribution in [-0.2, 0) is 23.8 Å². The van der Waals surface area contributed by atoms with Gasteiger partial charge in [-0.25, -0.2) is 0 Å². The molecule has 0 saturated carbocycles. The van der Waals surface area contributed by atoms with Gasteiger partial charge in [-0.15, -0.1) is 0 Å². The van der Waals surface area contributed by atoms with Crippen LogP contribution in [0.1, 0.15) is 41.0 Å². The highest BCUT2D eigenvalue weighted by Gasteiger charge is 2.03. The lowest BCUT2D eigenvalue weighted by atomic mass is 10.3. The summed E-state index contributed by atoms with van der Waals surface area (Å²) in [6, 6.07) is 0. The minimum atomic E-state index is -0.440. The molecular formula is C12H24O5. The van der Waals surface area contributed by atoms with Crippen LogP contribution >= 0.6 is 0 Å². The fraction of sp³-hybridized carbons (Fsp3) is 0.833. The highest BCUT2D eigenvalue weighted by molar-refractivity contribution is 5.94. The number of hydrogen-bond donors (Lipinski definition) is 0. The summed E-state index contributed by atoms with van der Waals surface area (Å²) in [5.74, 6) is -0.599. The molecule has 0 heterocycles. The summed E-state index contributed by atoms with van der Waals surface area (Å²) in [7, 11) is 0. The first-order valence-corrected chi connectivity index (χ1v) is 5.86. The van der Waals surface area contributed by atoms with Gasteiger partial charge in [0.1, 0.15) is 12.2 Å². The molecule has 0 aromatic carbocycles. The normalized spacial score (nSPS) is 9.53. The molecule has 0 bridgehead atoms. The van der Waals surface area contributed by atoms with E-state index < -0.39 is 5.97 Å². The summed E-state index contributed by atoms with van der Waals surface area (Å²) in [4.78, 5) is 20.6. The van der Waals surface area contributed by atoms with Crippen molar-refractivity contribution in [2.24, 2.45) is 0 Å². The van der Waals surface area contributed by atoms with Gasteiger partial charge in [0.2, 0.25) is 0 Å². The van der Waals surface area contributed by atoms with E-state index in [1.165, 1.54) is 6.92 Å². The molecule has 5 heteroatoms. The highest BCUT2D eigenvalue weighted by atomic mass is 16.7. The Bertz CT molecular complexity index is 197. The van der Waals surface area contributed by atoms with E-state index >= 15 is 0 Å². The molecule has 0 fully saturated rings. The molecule has 0 amide bonds. The van der Waals surface area contributed by atoms with Crippen LogP contribution in [0.5, 0.6) is 0 Å². The lowest BCUT2D eigenvalue weighted by Crippen LogP contribution is -2.11. The minimum absolute atomic E-state index is 0.0370. The summed E-state index contributed by atoms with van der Waals surface area (Å²) < 4.78 is 14.6. The molecule has 0 spiro atoms. The summed E-state index contributed by atoms with van der Waals surface area (Å²) in [5.41, 5.74) is 0. The molecule has 0 saturated heterocycles. The number of hydrogen-bond acceptors (Lipinski definition) is 5. The van der Waals surface area contributed by atoms with Crippen LogP contribution in [0.2, 0.25) is 0 Å². The first-order chi connectivity index (χ1) is 7.97. The van der Waals surface area contributed by atoms with Gasteiger partial charge in [0.15, 0.2) is 6.29 Å². The Kier molecular flexibility index (Phi) is 14.2. The molecule has 0 aromatic rings.